The highest BCUT2D eigenvalue weighted by Gasteiger charge is 2.21. The molecule has 4 rings (SSSR count). The Balaban J connectivity index is 1.58. The second-order valence-electron chi connectivity index (χ2n) is 6.30. The molecule has 1 amide bonds. The van der Waals surface area contributed by atoms with E-state index in [1.165, 1.54) is 5.56 Å². The van der Waals surface area contributed by atoms with Crippen molar-refractivity contribution in [3.05, 3.63) is 53.6 Å². The lowest BCUT2D eigenvalue weighted by Gasteiger charge is -2.28. The molecule has 5 heteroatoms. The van der Waals surface area contributed by atoms with Crippen molar-refractivity contribution in [2.75, 3.05) is 31.8 Å². The van der Waals surface area contributed by atoms with Crippen molar-refractivity contribution in [2.45, 2.75) is 12.8 Å². The van der Waals surface area contributed by atoms with E-state index in [2.05, 4.69) is 6.07 Å². The molecule has 2 aromatic rings. The monoisotopic (exact) mass is 351 g/mol. The number of methoxy groups -OCH3 is 1. The van der Waals surface area contributed by atoms with Crippen LogP contribution in [0.1, 0.15) is 17.5 Å². The van der Waals surface area contributed by atoms with E-state index in [0.717, 1.165) is 30.6 Å². The van der Waals surface area contributed by atoms with Gasteiger partial charge in [0.2, 0.25) is 5.75 Å². The fourth-order valence-electron chi connectivity index (χ4n) is 3.41. The normalized spacial score (nSPS) is 15.7. The van der Waals surface area contributed by atoms with Gasteiger partial charge in [0.25, 0.3) is 5.91 Å². The number of amides is 1. The van der Waals surface area contributed by atoms with E-state index in [9.17, 15) is 4.79 Å². The Morgan fingerprint density at radius 3 is 2.92 bits per heavy atom. The Hall–Kier alpha value is -2.95. The molecule has 0 spiro atoms. The third kappa shape index (κ3) is 3.12. The minimum atomic E-state index is -0.0222. The molecule has 0 aromatic heterocycles. The molecule has 0 saturated heterocycles. The van der Waals surface area contributed by atoms with Crippen molar-refractivity contribution in [2.24, 2.45) is 0 Å². The Morgan fingerprint density at radius 2 is 2.04 bits per heavy atom. The average Bonchev–Trinajstić information content (AvgIpc) is 2.70. The minimum absolute atomic E-state index is 0.0222. The molecular formula is C21H21NO4. The van der Waals surface area contributed by atoms with Crippen LogP contribution in [0.25, 0.3) is 6.08 Å². The number of rotatable bonds is 3. The fourth-order valence-corrected chi connectivity index (χ4v) is 3.41. The lowest BCUT2D eigenvalue weighted by molar-refractivity contribution is -0.114. The summed E-state index contributed by atoms with van der Waals surface area (Å²) in [5.74, 6) is 1.85. The number of benzene rings is 2. The molecule has 0 radical (unpaired) electrons. The van der Waals surface area contributed by atoms with Crippen LogP contribution in [-0.2, 0) is 11.2 Å². The molecule has 2 aliphatic heterocycles. The van der Waals surface area contributed by atoms with Crippen LogP contribution in [0.15, 0.2) is 42.5 Å². The molecule has 26 heavy (non-hydrogen) atoms. The number of para-hydroxylation sites is 1. The van der Waals surface area contributed by atoms with Crippen LogP contribution in [-0.4, -0.2) is 32.8 Å². The van der Waals surface area contributed by atoms with Crippen molar-refractivity contribution >= 4 is 17.7 Å². The number of aryl methyl sites for hydroxylation is 1. The minimum Gasteiger partial charge on any atom is -0.493 e. The van der Waals surface area contributed by atoms with Crippen LogP contribution in [0.4, 0.5) is 5.69 Å². The maximum absolute atomic E-state index is 12.7. The maximum Gasteiger partial charge on any atom is 0.250 e. The molecule has 2 aromatic carbocycles. The topological polar surface area (TPSA) is 48.0 Å². The summed E-state index contributed by atoms with van der Waals surface area (Å²) in [6.45, 7) is 1.75. The molecule has 0 atom stereocenters. The molecule has 0 fully saturated rings. The predicted octanol–water partition coefficient (Wildman–Crippen LogP) is 3.46. The Kier molecular flexibility index (Phi) is 4.52. The van der Waals surface area contributed by atoms with Crippen molar-refractivity contribution in [1.82, 2.24) is 0 Å². The highest BCUT2D eigenvalue weighted by atomic mass is 16.6. The first-order valence-electron chi connectivity index (χ1n) is 8.81. The first kappa shape index (κ1) is 16.5. The number of anilines is 1. The first-order chi connectivity index (χ1) is 12.8. The van der Waals surface area contributed by atoms with Gasteiger partial charge in [-0.05, 0) is 48.2 Å². The highest BCUT2D eigenvalue weighted by Crippen LogP contribution is 2.40. The molecule has 0 bridgehead atoms. The Morgan fingerprint density at radius 1 is 1.19 bits per heavy atom. The van der Waals surface area contributed by atoms with Gasteiger partial charge in [-0.3, -0.25) is 4.79 Å². The third-order valence-electron chi connectivity index (χ3n) is 4.64. The predicted molar refractivity (Wildman–Crippen MR) is 100 cm³/mol. The van der Waals surface area contributed by atoms with Crippen LogP contribution in [0, 0.1) is 0 Å². The second-order valence-corrected chi connectivity index (χ2v) is 6.30. The summed E-state index contributed by atoms with van der Waals surface area (Å²) in [4.78, 5) is 14.6. The van der Waals surface area contributed by atoms with Gasteiger partial charge in [0.15, 0.2) is 11.5 Å². The summed E-state index contributed by atoms with van der Waals surface area (Å²) in [6, 6.07) is 11.8. The van der Waals surface area contributed by atoms with E-state index < -0.39 is 0 Å². The zero-order chi connectivity index (χ0) is 17.9. The van der Waals surface area contributed by atoms with Crippen molar-refractivity contribution in [3.63, 3.8) is 0 Å². The first-order valence-corrected chi connectivity index (χ1v) is 8.81. The summed E-state index contributed by atoms with van der Waals surface area (Å²) in [7, 11) is 1.59. The number of hydrogen-bond donors (Lipinski definition) is 0. The summed E-state index contributed by atoms with van der Waals surface area (Å²) in [5, 5.41) is 0. The van der Waals surface area contributed by atoms with Gasteiger partial charge in [-0.2, -0.15) is 0 Å². The largest absolute Gasteiger partial charge is 0.493 e. The molecule has 0 saturated carbocycles. The summed E-state index contributed by atoms with van der Waals surface area (Å²) in [6.07, 6.45) is 5.39. The molecular weight excluding hydrogens is 330 g/mol. The lowest BCUT2D eigenvalue weighted by atomic mass is 10.0. The van der Waals surface area contributed by atoms with Gasteiger partial charge in [0.05, 0.1) is 7.11 Å². The standard InChI is InChI=1S/C21H21NO4/c1-24-18-13-15(14-19-21(18)26-12-11-25-19)8-9-20(23)22-10-4-6-16-5-2-3-7-17(16)22/h2-3,5,7-9,13-14H,4,6,10-12H2,1H3/b9-8+. The van der Waals surface area contributed by atoms with Crippen LogP contribution in [0.3, 0.4) is 0 Å². The number of fused-ring (bicyclic) bond motifs is 2. The van der Waals surface area contributed by atoms with E-state index in [-0.39, 0.29) is 5.91 Å². The average molecular weight is 351 g/mol. The molecule has 2 aliphatic rings. The van der Waals surface area contributed by atoms with Gasteiger partial charge in [-0.1, -0.05) is 18.2 Å². The number of ether oxygens (including phenoxy) is 3. The summed E-state index contributed by atoms with van der Waals surface area (Å²) < 4.78 is 16.6. The SMILES string of the molecule is COc1cc(/C=C/C(=O)N2CCCc3ccccc32)cc2c1OCCO2. The zero-order valence-electron chi connectivity index (χ0n) is 14.7. The van der Waals surface area contributed by atoms with E-state index in [4.69, 9.17) is 14.2 Å². The molecule has 2 heterocycles. The zero-order valence-corrected chi connectivity index (χ0v) is 14.7. The van der Waals surface area contributed by atoms with Gasteiger partial charge in [-0.25, -0.2) is 0 Å². The Bertz CT molecular complexity index is 842. The lowest BCUT2D eigenvalue weighted by Crippen LogP contribution is -2.34. The quantitative estimate of drug-likeness (QED) is 0.795. The Labute approximate surface area is 152 Å². The smallest absolute Gasteiger partial charge is 0.250 e. The molecule has 0 N–H and O–H groups in total. The van der Waals surface area contributed by atoms with Crippen LogP contribution < -0.4 is 19.1 Å². The summed E-state index contributed by atoms with van der Waals surface area (Å²) >= 11 is 0. The number of nitrogens with zero attached hydrogens (tertiary/aromatic N) is 1. The highest BCUT2D eigenvalue weighted by molar-refractivity contribution is 6.04. The van der Waals surface area contributed by atoms with Gasteiger partial charge in [0, 0.05) is 18.3 Å². The second kappa shape index (κ2) is 7.12. The summed E-state index contributed by atoms with van der Waals surface area (Å²) in [5.41, 5.74) is 3.07. The molecule has 0 unspecified atom stereocenters. The van der Waals surface area contributed by atoms with Crippen molar-refractivity contribution in [1.29, 1.82) is 0 Å². The van der Waals surface area contributed by atoms with Crippen molar-refractivity contribution in [3.8, 4) is 17.2 Å². The molecule has 134 valence electrons. The number of carbonyl (C=O) groups is 1. The number of carbonyl (C=O) groups excluding carboxylic acids is 1. The van der Waals surface area contributed by atoms with Gasteiger partial charge in [0.1, 0.15) is 13.2 Å². The van der Waals surface area contributed by atoms with Gasteiger partial charge in [-0.15, -0.1) is 0 Å². The van der Waals surface area contributed by atoms with Crippen molar-refractivity contribution < 1.29 is 19.0 Å². The maximum atomic E-state index is 12.7. The molecule has 0 aliphatic carbocycles. The van der Waals surface area contributed by atoms with Gasteiger partial charge < -0.3 is 19.1 Å². The number of hydrogen-bond acceptors (Lipinski definition) is 4. The van der Waals surface area contributed by atoms with Crippen LogP contribution in [0.2, 0.25) is 0 Å². The van der Waals surface area contributed by atoms with Crippen LogP contribution >= 0.6 is 0 Å². The van der Waals surface area contributed by atoms with E-state index in [1.54, 1.807) is 19.3 Å². The fraction of sp³-hybridized carbons (Fsp3) is 0.286. The molecule has 5 nitrogen and oxygen atoms in total. The third-order valence-corrected chi connectivity index (χ3v) is 4.64. The van der Waals surface area contributed by atoms with Crippen LogP contribution in [0.5, 0.6) is 17.2 Å². The van der Waals surface area contributed by atoms with E-state index in [1.807, 2.05) is 35.2 Å². The van der Waals surface area contributed by atoms with E-state index in [0.29, 0.717) is 30.5 Å². The van der Waals surface area contributed by atoms with Gasteiger partial charge >= 0.3 is 0 Å². The van der Waals surface area contributed by atoms with E-state index >= 15 is 0 Å².